The Morgan fingerprint density at radius 2 is 1.54 bits per heavy atom. The minimum absolute atomic E-state index is 0.0641. The Hall–Kier alpha value is -3.88. The van der Waals surface area contributed by atoms with Crippen LogP contribution in [-0.4, -0.2) is 29.0 Å². The van der Waals surface area contributed by atoms with Crippen LogP contribution in [0.25, 0.3) is 11.1 Å². The third-order valence-corrected chi connectivity index (χ3v) is 9.03. The zero-order valence-corrected chi connectivity index (χ0v) is 20.6. The molecule has 8 heteroatoms. The lowest BCUT2D eigenvalue weighted by Crippen LogP contribution is -2.58. The molecule has 0 aliphatic carbocycles. The van der Waals surface area contributed by atoms with Crippen LogP contribution in [-0.2, 0) is 10.0 Å². The van der Waals surface area contributed by atoms with Crippen molar-refractivity contribution in [2.24, 2.45) is 0 Å². The van der Waals surface area contributed by atoms with Crippen LogP contribution < -0.4 is 4.31 Å². The summed E-state index contributed by atoms with van der Waals surface area (Å²) in [4.78, 5) is 0. The number of hydrogen-bond acceptors (Lipinski definition) is 5. The number of nitrogens with zero attached hydrogens (tertiary/aromatic N) is 1. The van der Waals surface area contributed by atoms with Gasteiger partial charge in [-0.15, -0.1) is 0 Å². The Morgan fingerprint density at radius 1 is 0.838 bits per heavy atom. The third kappa shape index (κ3) is 4.77. The predicted octanol–water partition coefficient (Wildman–Crippen LogP) is 5.68. The van der Waals surface area contributed by atoms with Crippen LogP contribution in [0.3, 0.4) is 0 Å². The molecule has 0 radical (unpaired) electrons. The number of rotatable bonds is 7. The number of anilines is 1. The van der Waals surface area contributed by atoms with E-state index in [4.69, 9.17) is 0 Å². The first-order valence-corrected chi connectivity index (χ1v) is 13.4. The highest BCUT2D eigenvalue weighted by molar-refractivity contribution is 7.95. The molecule has 0 amide bonds. The van der Waals surface area contributed by atoms with Gasteiger partial charge in [-0.05, 0) is 72.0 Å². The van der Waals surface area contributed by atoms with Gasteiger partial charge in [0.15, 0.2) is 0 Å². The van der Waals surface area contributed by atoms with Crippen molar-refractivity contribution in [1.82, 2.24) is 0 Å². The summed E-state index contributed by atoms with van der Waals surface area (Å²) in [6, 6.07) is 25.2. The number of phenolic OH excluding ortho intramolecular Hbond substituents is 2. The number of aromatic hydroxyl groups is 2. The first-order chi connectivity index (χ1) is 17.8. The summed E-state index contributed by atoms with van der Waals surface area (Å²) in [7, 11) is -3.76. The van der Waals surface area contributed by atoms with Crippen molar-refractivity contribution in [2.45, 2.75) is 30.2 Å². The zero-order chi connectivity index (χ0) is 26.2. The average Bonchev–Trinajstić information content (AvgIpc) is 2.88. The number of benzene rings is 4. The monoisotopic (exact) mass is 519 g/mol. The van der Waals surface area contributed by atoms with E-state index in [-0.39, 0.29) is 24.3 Å². The summed E-state index contributed by atoms with van der Waals surface area (Å²) >= 11 is 0. The number of halogens is 1. The fourth-order valence-corrected chi connectivity index (χ4v) is 7.02. The van der Waals surface area contributed by atoms with Gasteiger partial charge in [-0.2, -0.15) is 0 Å². The van der Waals surface area contributed by atoms with Crippen LogP contribution in [0.4, 0.5) is 10.1 Å². The SMILES string of the molecule is O=S1(=O)[C@@H](CCC(O)c2ccc(F)cc2)[C@@H](c2ccc(-c3cccc(O)c3)cc2O)N1c1ccccc1. The summed E-state index contributed by atoms with van der Waals surface area (Å²) in [6.07, 6.45) is -0.664. The van der Waals surface area contributed by atoms with Gasteiger partial charge in [0.25, 0.3) is 0 Å². The highest BCUT2D eigenvalue weighted by atomic mass is 32.2. The fourth-order valence-electron chi connectivity index (χ4n) is 4.90. The number of hydrogen-bond donors (Lipinski definition) is 3. The number of sulfonamides is 1. The maximum absolute atomic E-state index is 13.4. The molecule has 190 valence electrons. The molecule has 3 atom stereocenters. The van der Waals surface area contributed by atoms with E-state index in [2.05, 4.69) is 0 Å². The molecule has 0 aromatic heterocycles. The van der Waals surface area contributed by atoms with E-state index in [1.165, 1.54) is 28.6 Å². The number of para-hydroxylation sites is 1. The van der Waals surface area contributed by atoms with Gasteiger partial charge in [0, 0.05) is 5.56 Å². The van der Waals surface area contributed by atoms with E-state index >= 15 is 0 Å². The molecule has 4 aromatic rings. The predicted molar refractivity (Wildman–Crippen MR) is 140 cm³/mol. The molecule has 1 aliphatic rings. The molecular weight excluding hydrogens is 493 g/mol. The average molecular weight is 520 g/mol. The van der Waals surface area contributed by atoms with Gasteiger partial charge in [-0.25, -0.2) is 12.8 Å². The number of aliphatic hydroxyl groups excluding tert-OH is 1. The highest BCUT2D eigenvalue weighted by Crippen LogP contribution is 2.50. The van der Waals surface area contributed by atoms with Crippen molar-refractivity contribution in [2.75, 3.05) is 4.31 Å². The summed E-state index contributed by atoms with van der Waals surface area (Å²) < 4.78 is 41.5. The Labute approximate surface area is 214 Å². The van der Waals surface area contributed by atoms with Gasteiger partial charge >= 0.3 is 0 Å². The van der Waals surface area contributed by atoms with Crippen molar-refractivity contribution >= 4 is 15.7 Å². The molecule has 4 aromatic carbocycles. The maximum Gasteiger partial charge on any atom is 0.241 e. The van der Waals surface area contributed by atoms with Crippen LogP contribution >= 0.6 is 0 Å². The van der Waals surface area contributed by atoms with Crippen molar-refractivity contribution in [3.05, 3.63) is 114 Å². The van der Waals surface area contributed by atoms with E-state index < -0.39 is 33.2 Å². The van der Waals surface area contributed by atoms with Gasteiger partial charge < -0.3 is 15.3 Å². The van der Waals surface area contributed by atoms with Crippen molar-refractivity contribution in [3.63, 3.8) is 0 Å². The normalized spacial score (nSPS) is 19.2. The van der Waals surface area contributed by atoms with Crippen molar-refractivity contribution in [1.29, 1.82) is 0 Å². The molecule has 5 rings (SSSR count). The van der Waals surface area contributed by atoms with Crippen LogP contribution in [0.2, 0.25) is 0 Å². The minimum Gasteiger partial charge on any atom is -0.508 e. The van der Waals surface area contributed by atoms with Gasteiger partial charge in [-0.1, -0.05) is 54.6 Å². The topological polar surface area (TPSA) is 98.1 Å². The minimum atomic E-state index is -3.76. The first-order valence-electron chi connectivity index (χ1n) is 11.9. The highest BCUT2D eigenvalue weighted by Gasteiger charge is 2.54. The van der Waals surface area contributed by atoms with E-state index in [0.717, 1.165) is 0 Å². The molecule has 1 unspecified atom stereocenters. The second kappa shape index (κ2) is 9.88. The van der Waals surface area contributed by atoms with Gasteiger partial charge in [0.1, 0.15) is 22.6 Å². The third-order valence-electron chi connectivity index (χ3n) is 6.78. The molecule has 0 saturated carbocycles. The number of phenols is 2. The molecule has 1 heterocycles. The van der Waals surface area contributed by atoms with Gasteiger partial charge in [-0.3, -0.25) is 4.31 Å². The van der Waals surface area contributed by atoms with Crippen molar-refractivity contribution < 1.29 is 28.1 Å². The summed E-state index contributed by atoms with van der Waals surface area (Å²) in [5.41, 5.74) is 2.83. The summed E-state index contributed by atoms with van der Waals surface area (Å²) in [5, 5.41) is 30.6. The Balaban J connectivity index is 1.47. The zero-order valence-electron chi connectivity index (χ0n) is 19.8. The lowest BCUT2D eigenvalue weighted by molar-refractivity contribution is 0.162. The number of aliphatic hydroxyl groups is 1. The first kappa shape index (κ1) is 24.8. The Morgan fingerprint density at radius 3 is 2.22 bits per heavy atom. The maximum atomic E-state index is 13.4. The molecule has 0 spiro atoms. The summed E-state index contributed by atoms with van der Waals surface area (Å²) in [5.74, 6) is -0.382. The van der Waals surface area contributed by atoms with E-state index in [9.17, 15) is 28.1 Å². The molecule has 0 bridgehead atoms. The van der Waals surface area contributed by atoms with E-state index in [1.807, 2.05) is 0 Å². The van der Waals surface area contributed by atoms with Crippen LogP contribution in [0.1, 0.15) is 36.1 Å². The molecule has 3 N–H and O–H groups in total. The Bertz CT molecular complexity index is 1510. The summed E-state index contributed by atoms with van der Waals surface area (Å²) in [6.45, 7) is 0. The standard InChI is InChI=1S/C29H26FNO5S/c30-22-12-9-19(10-13-22)26(33)15-16-28-29(31(37(28,35)36)23-6-2-1-3-7-23)25-14-11-21(18-27(25)34)20-5-4-8-24(32)17-20/h1-14,17-18,26,28-29,32-34H,15-16H2/t26?,28-,29+/m0/s1. The lowest BCUT2D eigenvalue weighted by atomic mass is 9.93. The Kier molecular flexibility index (Phi) is 6.62. The lowest BCUT2D eigenvalue weighted by Gasteiger charge is -2.48. The van der Waals surface area contributed by atoms with Gasteiger partial charge in [0.2, 0.25) is 10.0 Å². The fraction of sp³-hybridized carbons (Fsp3) is 0.172. The second-order valence-electron chi connectivity index (χ2n) is 9.13. The van der Waals surface area contributed by atoms with Crippen LogP contribution in [0.5, 0.6) is 11.5 Å². The van der Waals surface area contributed by atoms with Crippen LogP contribution in [0, 0.1) is 5.82 Å². The van der Waals surface area contributed by atoms with E-state index in [1.54, 1.807) is 72.8 Å². The molecule has 1 saturated heterocycles. The molecule has 1 aliphatic heterocycles. The second-order valence-corrected chi connectivity index (χ2v) is 11.2. The van der Waals surface area contributed by atoms with Crippen LogP contribution in [0.15, 0.2) is 97.1 Å². The molecule has 6 nitrogen and oxygen atoms in total. The largest absolute Gasteiger partial charge is 0.508 e. The van der Waals surface area contributed by atoms with Gasteiger partial charge in [0.05, 0.1) is 17.8 Å². The smallest absolute Gasteiger partial charge is 0.241 e. The molecule has 1 fully saturated rings. The molecule has 37 heavy (non-hydrogen) atoms. The van der Waals surface area contributed by atoms with E-state index in [0.29, 0.717) is 27.9 Å². The quantitative estimate of drug-likeness (QED) is 0.292. The van der Waals surface area contributed by atoms with Crippen molar-refractivity contribution in [3.8, 4) is 22.6 Å². The molecular formula is C29H26FNO5S.